The highest BCUT2D eigenvalue weighted by Crippen LogP contribution is 2.39. The quantitative estimate of drug-likeness (QED) is 0.128. The summed E-state index contributed by atoms with van der Waals surface area (Å²) in [5.74, 6) is -0.497. The maximum absolute atomic E-state index is 12.5. The third kappa shape index (κ3) is 6.06. The van der Waals surface area contributed by atoms with Crippen molar-refractivity contribution < 1.29 is 9.53 Å². The molecule has 0 amide bonds. The Balaban J connectivity index is 1.50. The van der Waals surface area contributed by atoms with Gasteiger partial charge in [0.15, 0.2) is 0 Å². The number of ether oxygens (including phenoxy) is 1. The van der Waals surface area contributed by atoms with Crippen LogP contribution in [0.4, 0.5) is 0 Å². The smallest absolute Gasteiger partial charge is 0.330 e. The number of benzene rings is 4. The molecule has 9 rings (SSSR count). The summed E-state index contributed by atoms with van der Waals surface area (Å²) in [5.41, 5.74) is 15.3. The molecule has 2 N–H and O–H groups in total. The number of hydrogen-bond acceptors (Lipinski definition) is 4. The molecule has 258 valence electrons. The van der Waals surface area contributed by atoms with E-state index in [9.17, 15) is 4.79 Å². The molecule has 3 aromatic heterocycles. The lowest BCUT2D eigenvalue weighted by molar-refractivity contribution is -0.138. The zero-order valence-corrected chi connectivity index (χ0v) is 29.3. The van der Waals surface area contributed by atoms with Crippen LogP contribution in [0.25, 0.3) is 90.9 Å². The second-order valence-corrected chi connectivity index (χ2v) is 13.1. The molecule has 7 aromatic rings. The van der Waals surface area contributed by atoms with E-state index in [1.165, 1.54) is 6.08 Å². The van der Waals surface area contributed by atoms with Gasteiger partial charge in [0.1, 0.15) is 6.61 Å². The van der Waals surface area contributed by atoms with E-state index in [4.69, 9.17) is 14.7 Å². The van der Waals surface area contributed by atoms with Crippen molar-refractivity contribution >= 4 is 52.3 Å². The van der Waals surface area contributed by atoms with Crippen molar-refractivity contribution in [1.29, 1.82) is 0 Å². The standard InChI is InChI=1S/C48H34N4O2/c1-2-43(53)54-30-35-29-42-46(33-19-11-5-12-20-33)40-26-25-38(50-40)44(31-15-7-3-8-16-31)36-23-24-37(49-36)45(32-17-9-4-10-18-32)39-27-28-41(51-39)47(48(35)52-42)34-21-13-6-14-22-34/h2-29,49,52H,1,30H2. The number of aromatic amines is 2. The van der Waals surface area contributed by atoms with Crippen molar-refractivity contribution in [3.8, 4) is 44.5 Å². The van der Waals surface area contributed by atoms with E-state index in [0.717, 1.165) is 94.9 Å². The molecule has 54 heavy (non-hydrogen) atoms. The highest BCUT2D eigenvalue weighted by Gasteiger charge is 2.20. The third-order valence-corrected chi connectivity index (χ3v) is 9.73. The van der Waals surface area contributed by atoms with Gasteiger partial charge in [-0.05, 0) is 64.8 Å². The number of esters is 1. The molecule has 0 radical (unpaired) electrons. The van der Waals surface area contributed by atoms with Gasteiger partial charge in [-0.15, -0.1) is 0 Å². The fraction of sp³-hybridized carbons (Fsp3) is 0.0208. The van der Waals surface area contributed by atoms with E-state index < -0.39 is 5.97 Å². The van der Waals surface area contributed by atoms with E-state index in [1.54, 1.807) is 0 Å². The Hall–Kier alpha value is -7.31. The van der Waals surface area contributed by atoms with Crippen LogP contribution in [0, 0.1) is 0 Å². The summed E-state index contributed by atoms with van der Waals surface area (Å²) in [6, 6.07) is 47.5. The number of carbonyl (C=O) groups excluding carboxylic acids is 1. The van der Waals surface area contributed by atoms with Gasteiger partial charge >= 0.3 is 5.97 Å². The van der Waals surface area contributed by atoms with E-state index >= 15 is 0 Å². The van der Waals surface area contributed by atoms with E-state index in [0.29, 0.717) is 0 Å². The fourth-order valence-corrected chi connectivity index (χ4v) is 7.31. The number of hydrogen-bond donors (Lipinski definition) is 2. The molecule has 2 aliphatic rings. The van der Waals surface area contributed by atoms with Crippen molar-refractivity contribution in [3.63, 3.8) is 0 Å². The normalized spacial score (nSPS) is 11.8. The molecule has 4 aromatic carbocycles. The molecule has 0 saturated carbocycles. The molecule has 6 heteroatoms. The van der Waals surface area contributed by atoms with Crippen LogP contribution in [0.1, 0.15) is 28.3 Å². The Morgan fingerprint density at radius 1 is 0.519 bits per heavy atom. The Bertz CT molecular complexity index is 2780. The monoisotopic (exact) mass is 698 g/mol. The number of nitrogens with one attached hydrogen (secondary N) is 2. The zero-order valence-electron chi connectivity index (χ0n) is 29.3. The summed E-state index contributed by atoms with van der Waals surface area (Å²) in [6.07, 6.45) is 9.50. The molecule has 2 aliphatic heterocycles. The second-order valence-electron chi connectivity index (χ2n) is 13.1. The summed E-state index contributed by atoms with van der Waals surface area (Å²) < 4.78 is 5.72. The lowest BCUT2D eigenvalue weighted by atomic mass is 10.0. The maximum atomic E-state index is 12.5. The van der Waals surface area contributed by atoms with Gasteiger partial charge in [-0.1, -0.05) is 128 Å². The minimum absolute atomic E-state index is 0.0284. The molecule has 0 fully saturated rings. The summed E-state index contributed by atoms with van der Waals surface area (Å²) >= 11 is 0. The van der Waals surface area contributed by atoms with Gasteiger partial charge < -0.3 is 14.7 Å². The summed E-state index contributed by atoms with van der Waals surface area (Å²) in [6.45, 7) is 3.65. The van der Waals surface area contributed by atoms with E-state index in [-0.39, 0.29) is 6.61 Å². The highest BCUT2D eigenvalue weighted by atomic mass is 16.5. The summed E-state index contributed by atoms with van der Waals surface area (Å²) in [7, 11) is 0. The lowest BCUT2D eigenvalue weighted by Gasteiger charge is -2.08. The summed E-state index contributed by atoms with van der Waals surface area (Å²) in [4.78, 5) is 30.8. The van der Waals surface area contributed by atoms with Gasteiger partial charge in [0.25, 0.3) is 0 Å². The van der Waals surface area contributed by atoms with Crippen LogP contribution in [0.3, 0.4) is 0 Å². The van der Waals surface area contributed by atoms with E-state index in [1.807, 2.05) is 60.7 Å². The number of fused-ring (bicyclic) bond motifs is 8. The molecule has 0 saturated heterocycles. The van der Waals surface area contributed by atoms with Crippen LogP contribution in [-0.4, -0.2) is 25.9 Å². The molecule has 0 atom stereocenters. The molecule has 0 unspecified atom stereocenters. The predicted octanol–water partition coefficient (Wildman–Crippen LogP) is 11.6. The largest absolute Gasteiger partial charge is 0.458 e. The van der Waals surface area contributed by atoms with E-state index in [2.05, 4.69) is 120 Å². The van der Waals surface area contributed by atoms with Crippen molar-refractivity contribution in [1.82, 2.24) is 19.9 Å². The number of nitrogens with zero attached hydrogens (tertiary/aromatic N) is 2. The fourth-order valence-electron chi connectivity index (χ4n) is 7.31. The molecule has 6 nitrogen and oxygen atoms in total. The topological polar surface area (TPSA) is 83.7 Å². The van der Waals surface area contributed by atoms with Crippen molar-refractivity contribution in [2.45, 2.75) is 6.61 Å². The Labute approximate surface area is 312 Å². The van der Waals surface area contributed by atoms with Crippen LogP contribution in [0.5, 0.6) is 0 Å². The van der Waals surface area contributed by atoms with Gasteiger partial charge in [-0.3, -0.25) is 0 Å². The average Bonchev–Trinajstić information content (AvgIpc) is 4.06. The minimum atomic E-state index is -0.497. The first-order valence-electron chi connectivity index (χ1n) is 17.8. The highest BCUT2D eigenvalue weighted by molar-refractivity contribution is 6.00. The first kappa shape index (κ1) is 32.6. The Kier molecular flexibility index (Phi) is 8.46. The van der Waals surface area contributed by atoms with Crippen molar-refractivity contribution in [3.05, 3.63) is 181 Å². The number of H-pyrrole nitrogens is 2. The SMILES string of the molecule is C=CC(=O)OCc1cc2[nH]c1c(-c1ccccc1)c1nc(c(-c3ccccc3)c3ccc([nH]3)c(-c3ccccc3)c3nc(c2-c2ccccc2)C=C3)C=C1. The van der Waals surface area contributed by atoms with Crippen LogP contribution >= 0.6 is 0 Å². The molecule has 5 heterocycles. The predicted molar refractivity (Wildman–Crippen MR) is 221 cm³/mol. The van der Waals surface area contributed by atoms with Gasteiger partial charge in [0.05, 0.1) is 28.3 Å². The van der Waals surface area contributed by atoms with Crippen molar-refractivity contribution in [2.24, 2.45) is 0 Å². The Morgan fingerprint density at radius 2 is 0.907 bits per heavy atom. The minimum Gasteiger partial charge on any atom is -0.458 e. The zero-order chi connectivity index (χ0) is 36.4. The molecule has 0 aliphatic carbocycles. The van der Waals surface area contributed by atoms with Crippen LogP contribution in [-0.2, 0) is 16.1 Å². The number of carbonyl (C=O) groups is 1. The van der Waals surface area contributed by atoms with Gasteiger partial charge in [-0.25, -0.2) is 14.8 Å². The van der Waals surface area contributed by atoms with Gasteiger partial charge in [0.2, 0.25) is 0 Å². The number of rotatable bonds is 7. The van der Waals surface area contributed by atoms with Crippen LogP contribution in [0.2, 0.25) is 0 Å². The molecule has 0 spiro atoms. The molecular weight excluding hydrogens is 665 g/mol. The summed E-state index contributed by atoms with van der Waals surface area (Å²) in [5, 5.41) is 0. The number of aromatic nitrogens is 4. The van der Waals surface area contributed by atoms with Crippen LogP contribution in [0.15, 0.2) is 152 Å². The lowest BCUT2D eigenvalue weighted by Crippen LogP contribution is -2.00. The first-order chi connectivity index (χ1) is 26.6. The van der Waals surface area contributed by atoms with Gasteiger partial charge in [-0.2, -0.15) is 0 Å². The average molecular weight is 699 g/mol. The molecular formula is C48H34N4O2. The Morgan fingerprint density at radius 3 is 1.33 bits per heavy atom. The first-order valence-corrected chi connectivity index (χ1v) is 17.8. The van der Waals surface area contributed by atoms with Crippen LogP contribution < -0.4 is 0 Å². The van der Waals surface area contributed by atoms with Gasteiger partial charge in [0, 0.05) is 50.4 Å². The maximum Gasteiger partial charge on any atom is 0.330 e. The molecule has 8 bridgehead atoms. The second kappa shape index (κ2) is 14.0. The third-order valence-electron chi connectivity index (χ3n) is 9.73. The van der Waals surface area contributed by atoms with Crippen molar-refractivity contribution in [2.75, 3.05) is 0 Å².